The Balaban J connectivity index is 1.61. The van der Waals surface area contributed by atoms with Crippen molar-refractivity contribution >= 4 is 35.7 Å². The lowest BCUT2D eigenvalue weighted by atomic mass is 10.1. The van der Waals surface area contributed by atoms with Crippen LogP contribution in [0.2, 0.25) is 5.02 Å². The Morgan fingerprint density at radius 1 is 1.00 bits per heavy atom. The summed E-state index contributed by atoms with van der Waals surface area (Å²) in [5.41, 5.74) is 0.967. The molecular weight excluding hydrogens is 512 g/mol. The minimum absolute atomic E-state index is 0.257. The highest BCUT2D eigenvalue weighted by Crippen LogP contribution is 2.26. The maximum Gasteiger partial charge on any atom is 0.410 e. The van der Waals surface area contributed by atoms with Crippen molar-refractivity contribution in [3.05, 3.63) is 64.7 Å². The molecule has 0 radical (unpaired) electrons. The zero-order valence-corrected chi connectivity index (χ0v) is 23.6. The highest BCUT2D eigenvalue weighted by atomic mass is 35.5. The van der Waals surface area contributed by atoms with Gasteiger partial charge in [-0.1, -0.05) is 37.1 Å². The molecule has 0 saturated carbocycles. The molecule has 202 valence electrons. The number of nitrogens with zero attached hydrogens (tertiary/aromatic N) is 2. The molecule has 0 spiro atoms. The van der Waals surface area contributed by atoms with Gasteiger partial charge in [-0.25, -0.2) is 9.59 Å². The van der Waals surface area contributed by atoms with Gasteiger partial charge in [-0.2, -0.15) is 0 Å². The largest absolute Gasteiger partial charge is 0.484 e. The van der Waals surface area contributed by atoms with E-state index in [2.05, 4.69) is 11.8 Å². The quantitative estimate of drug-likeness (QED) is 0.244. The third kappa shape index (κ3) is 9.76. The minimum Gasteiger partial charge on any atom is -0.484 e. The number of hydrogen-bond donors (Lipinski definition) is 0. The number of ether oxygens (including phenoxy) is 2. The molecule has 1 saturated heterocycles. The van der Waals surface area contributed by atoms with Crippen LogP contribution in [0.4, 0.5) is 4.79 Å². The molecule has 1 fully saturated rings. The molecule has 2 aromatic carbocycles. The van der Waals surface area contributed by atoms with Gasteiger partial charge in [0, 0.05) is 43.5 Å². The SMILES string of the molecule is CCCCSOC(=O)c1ccc(OC(CN2CCN(C(=O)OC(C)(C)C)CC2)c2ccc(Cl)cc2)cc1. The molecule has 2 aromatic rings. The average Bonchev–Trinajstić information content (AvgIpc) is 2.86. The molecule has 1 heterocycles. The summed E-state index contributed by atoms with van der Waals surface area (Å²) in [4.78, 5) is 28.7. The van der Waals surface area contributed by atoms with E-state index < -0.39 is 5.60 Å². The van der Waals surface area contributed by atoms with Crippen molar-refractivity contribution in [1.29, 1.82) is 0 Å². The number of carbonyl (C=O) groups excluding carboxylic acids is 2. The van der Waals surface area contributed by atoms with E-state index in [-0.39, 0.29) is 18.2 Å². The van der Waals surface area contributed by atoms with Gasteiger partial charge in [0.25, 0.3) is 0 Å². The van der Waals surface area contributed by atoms with Gasteiger partial charge in [-0.15, -0.1) is 0 Å². The Hall–Kier alpha value is -2.42. The molecule has 1 aliphatic heterocycles. The molecule has 0 aromatic heterocycles. The normalized spacial score (nSPS) is 15.2. The van der Waals surface area contributed by atoms with E-state index >= 15 is 0 Å². The van der Waals surface area contributed by atoms with E-state index in [1.54, 1.807) is 29.2 Å². The second-order valence-electron chi connectivity index (χ2n) is 10.00. The number of benzene rings is 2. The molecule has 9 heteroatoms. The molecule has 0 aliphatic carbocycles. The molecule has 1 amide bonds. The third-order valence-corrected chi connectivity index (χ3v) is 6.75. The van der Waals surface area contributed by atoms with Crippen LogP contribution in [0.15, 0.2) is 48.5 Å². The Labute approximate surface area is 229 Å². The van der Waals surface area contributed by atoms with E-state index in [4.69, 9.17) is 25.3 Å². The number of amides is 1. The average molecular weight is 549 g/mol. The van der Waals surface area contributed by atoms with Gasteiger partial charge < -0.3 is 18.6 Å². The summed E-state index contributed by atoms with van der Waals surface area (Å²) in [6.07, 6.45) is 1.53. The van der Waals surface area contributed by atoms with Crippen LogP contribution < -0.4 is 4.74 Å². The summed E-state index contributed by atoms with van der Waals surface area (Å²) in [6, 6.07) is 14.6. The Bertz CT molecular complexity index is 1000. The molecule has 1 aliphatic rings. The molecule has 0 N–H and O–H groups in total. The lowest BCUT2D eigenvalue weighted by Gasteiger charge is -2.37. The number of rotatable bonds is 10. The van der Waals surface area contributed by atoms with Crippen LogP contribution >= 0.6 is 23.6 Å². The van der Waals surface area contributed by atoms with Crippen LogP contribution in [0.3, 0.4) is 0 Å². The first-order chi connectivity index (χ1) is 17.6. The van der Waals surface area contributed by atoms with Crippen LogP contribution in [-0.4, -0.2) is 65.9 Å². The van der Waals surface area contributed by atoms with Gasteiger partial charge in [0.15, 0.2) is 0 Å². The molecule has 37 heavy (non-hydrogen) atoms. The highest BCUT2D eigenvalue weighted by molar-refractivity contribution is 7.95. The highest BCUT2D eigenvalue weighted by Gasteiger charge is 2.27. The second-order valence-corrected chi connectivity index (χ2v) is 11.2. The molecule has 0 bridgehead atoms. The zero-order chi connectivity index (χ0) is 26.8. The van der Waals surface area contributed by atoms with E-state index in [1.165, 1.54) is 12.0 Å². The number of halogens is 1. The van der Waals surface area contributed by atoms with E-state index in [0.717, 1.165) is 24.2 Å². The van der Waals surface area contributed by atoms with E-state index in [9.17, 15) is 9.59 Å². The summed E-state index contributed by atoms with van der Waals surface area (Å²) >= 11 is 7.30. The number of unbranched alkanes of at least 4 members (excludes halogenated alkanes) is 1. The lowest BCUT2D eigenvalue weighted by molar-refractivity contribution is 0.0111. The molecule has 3 rings (SSSR count). The topological polar surface area (TPSA) is 68.3 Å². The summed E-state index contributed by atoms with van der Waals surface area (Å²) < 4.78 is 17.2. The lowest BCUT2D eigenvalue weighted by Crippen LogP contribution is -2.51. The molecule has 1 atom stereocenters. The van der Waals surface area contributed by atoms with Crippen molar-refractivity contribution in [2.45, 2.75) is 52.2 Å². The fourth-order valence-corrected chi connectivity index (χ4v) is 4.56. The van der Waals surface area contributed by atoms with Gasteiger partial charge in [0.05, 0.1) is 17.6 Å². The fourth-order valence-electron chi connectivity index (χ4n) is 3.74. The predicted molar refractivity (Wildman–Crippen MR) is 148 cm³/mol. The maximum absolute atomic E-state index is 12.4. The summed E-state index contributed by atoms with van der Waals surface area (Å²) in [5, 5.41) is 0.660. The smallest absolute Gasteiger partial charge is 0.410 e. The summed E-state index contributed by atoms with van der Waals surface area (Å²) in [6.45, 7) is 11.0. The van der Waals surface area contributed by atoms with Crippen LogP contribution in [0.25, 0.3) is 0 Å². The van der Waals surface area contributed by atoms with Crippen LogP contribution in [0, 0.1) is 0 Å². The van der Waals surface area contributed by atoms with Crippen molar-refractivity contribution in [2.75, 3.05) is 38.5 Å². The van der Waals surface area contributed by atoms with Crippen molar-refractivity contribution in [3.8, 4) is 5.75 Å². The van der Waals surface area contributed by atoms with Gasteiger partial charge in [-0.05, 0) is 69.2 Å². The summed E-state index contributed by atoms with van der Waals surface area (Å²) in [7, 11) is 0. The Morgan fingerprint density at radius 3 is 2.24 bits per heavy atom. The first-order valence-electron chi connectivity index (χ1n) is 12.7. The zero-order valence-electron chi connectivity index (χ0n) is 22.1. The van der Waals surface area contributed by atoms with Gasteiger partial charge in [0.1, 0.15) is 17.5 Å². The number of piperazine rings is 1. The molecular formula is C28H37ClN2O5S. The summed E-state index contributed by atoms with van der Waals surface area (Å²) in [5.74, 6) is 1.09. The maximum atomic E-state index is 12.4. The second kappa shape index (κ2) is 13.9. The van der Waals surface area contributed by atoms with Crippen LogP contribution in [0.1, 0.15) is 62.6 Å². The van der Waals surface area contributed by atoms with E-state index in [0.29, 0.717) is 49.1 Å². The first-order valence-corrected chi connectivity index (χ1v) is 14.0. The third-order valence-electron chi connectivity index (χ3n) is 5.77. The van der Waals surface area contributed by atoms with Gasteiger partial charge >= 0.3 is 12.1 Å². The Kier molecular flexibility index (Phi) is 11.0. The monoisotopic (exact) mass is 548 g/mol. The van der Waals surface area contributed by atoms with Crippen molar-refractivity contribution in [3.63, 3.8) is 0 Å². The predicted octanol–water partition coefficient (Wildman–Crippen LogP) is 6.62. The number of carbonyl (C=O) groups is 2. The van der Waals surface area contributed by atoms with Crippen molar-refractivity contribution < 1.29 is 23.2 Å². The van der Waals surface area contributed by atoms with Gasteiger partial charge in [0.2, 0.25) is 0 Å². The van der Waals surface area contributed by atoms with E-state index in [1.807, 2.05) is 45.0 Å². The van der Waals surface area contributed by atoms with Crippen LogP contribution in [0.5, 0.6) is 5.75 Å². The minimum atomic E-state index is -0.512. The van der Waals surface area contributed by atoms with Gasteiger partial charge in [-0.3, -0.25) is 4.90 Å². The molecule has 7 nitrogen and oxygen atoms in total. The van der Waals surface area contributed by atoms with Crippen molar-refractivity contribution in [1.82, 2.24) is 9.80 Å². The standard InChI is InChI=1S/C28H37ClN2O5S/c1-5-6-19-37-36-26(32)22-9-13-24(14-10-22)34-25(21-7-11-23(29)12-8-21)20-30-15-17-31(18-16-30)27(33)35-28(2,3)4/h7-14,25H,5-6,15-20H2,1-4H3. The molecule has 1 unspecified atom stereocenters. The first kappa shape index (κ1) is 29.1. The number of hydrogen-bond acceptors (Lipinski definition) is 7. The van der Waals surface area contributed by atoms with Crippen LogP contribution in [-0.2, 0) is 8.92 Å². The van der Waals surface area contributed by atoms with Crippen molar-refractivity contribution in [2.24, 2.45) is 0 Å². The Morgan fingerprint density at radius 2 is 1.65 bits per heavy atom. The fraction of sp³-hybridized carbons (Fsp3) is 0.500.